The van der Waals surface area contributed by atoms with Crippen LogP contribution < -0.4 is 4.90 Å². The van der Waals surface area contributed by atoms with Crippen LogP contribution in [0.4, 0.5) is 5.69 Å². The van der Waals surface area contributed by atoms with E-state index in [1.54, 1.807) is 14.7 Å². The van der Waals surface area contributed by atoms with Gasteiger partial charge < -0.3 is 19.6 Å². The quantitative estimate of drug-likeness (QED) is 0.729. The van der Waals surface area contributed by atoms with E-state index in [0.717, 1.165) is 18.5 Å². The van der Waals surface area contributed by atoms with E-state index >= 15 is 0 Å². The Kier molecular flexibility index (Phi) is 5.44. The number of carbonyl (C=O) groups is 3. The third kappa shape index (κ3) is 3.81. The Balaban J connectivity index is 1.57. The maximum atomic E-state index is 12.7. The summed E-state index contributed by atoms with van der Waals surface area (Å²) in [5.41, 5.74) is 1.62. The van der Waals surface area contributed by atoms with Crippen molar-refractivity contribution < 1.29 is 14.4 Å². The molecular weight excluding hydrogens is 332 g/mol. The summed E-state index contributed by atoms with van der Waals surface area (Å²) in [6.07, 6.45) is 1.93. The van der Waals surface area contributed by atoms with Gasteiger partial charge in [-0.15, -0.1) is 0 Å². The van der Waals surface area contributed by atoms with Gasteiger partial charge in [0.25, 0.3) is 5.91 Å². The Morgan fingerprint density at radius 2 is 1.35 bits per heavy atom. The molecule has 1 aromatic rings. The van der Waals surface area contributed by atoms with Crippen LogP contribution in [0.1, 0.15) is 23.2 Å². The number of hydrogen-bond donors (Lipinski definition) is 0. The molecule has 2 aliphatic heterocycles. The number of carbonyl (C=O) groups excluding carboxylic acids is 3. The van der Waals surface area contributed by atoms with E-state index in [2.05, 4.69) is 0 Å². The molecule has 0 N–H and O–H groups in total. The van der Waals surface area contributed by atoms with Crippen molar-refractivity contribution in [2.75, 3.05) is 58.3 Å². The fraction of sp³-hybridized carbons (Fsp3) is 0.526. The van der Waals surface area contributed by atoms with Gasteiger partial charge in [0, 0.05) is 64.6 Å². The summed E-state index contributed by atoms with van der Waals surface area (Å²) in [5.74, 6) is -0.874. The molecule has 0 aliphatic carbocycles. The van der Waals surface area contributed by atoms with Crippen molar-refractivity contribution in [3.05, 3.63) is 29.8 Å². The minimum absolute atomic E-state index is 0.0355. The Labute approximate surface area is 154 Å². The molecule has 7 nitrogen and oxygen atoms in total. The smallest absolute Gasteiger partial charge is 0.312 e. The van der Waals surface area contributed by atoms with Crippen LogP contribution in [0.5, 0.6) is 0 Å². The van der Waals surface area contributed by atoms with Gasteiger partial charge in [-0.05, 0) is 31.0 Å². The fourth-order valence-electron chi connectivity index (χ4n) is 3.40. The highest BCUT2D eigenvalue weighted by Gasteiger charge is 2.31. The van der Waals surface area contributed by atoms with Gasteiger partial charge in [-0.1, -0.05) is 6.07 Å². The molecular formula is C19H26N4O3. The lowest BCUT2D eigenvalue weighted by atomic mass is 10.1. The highest BCUT2D eigenvalue weighted by molar-refractivity contribution is 6.35. The van der Waals surface area contributed by atoms with E-state index < -0.39 is 11.8 Å². The van der Waals surface area contributed by atoms with Gasteiger partial charge in [0.1, 0.15) is 0 Å². The number of piperazine rings is 1. The van der Waals surface area contributed by atoms with Crippen LogP contribution in [0.15, 0.2) is 24.3 Å². The predicted octanol–water partition coefficient (Wildman–Crippen LogP) is 0.659. The summed E-state index contributed by atoms with van der Waals surface area (Å²) in [7, 11) is 3.87. The van der Waals surface area contributed by atoms with Gasteiger partial charge in [-0.3, -0.25) is 14.4 Å². The van der Waals surface area contributed by atoms with E-state index in [-0.39, 0.29) is 5.91 Å². The third-order valence-corrected chi connectivity index (χ3v) is 5.04. The first-order chi connectivity index (χ1) is 12.5. The summed E-state index contributed by atoms with van der Waals surface area (Å²) < 4.78 is 0. The lowest BCUT2D eigenvalue weighted by Crippen LogP contribution is -2.54. The zero-order chi connectivity index (χ0) is 18.7. The van der Waals surface area contributed by atoms with Crippen LogP contribution in [0.25, 0.3) is 0 Å². The standard InChI is InChI=1S/C19H26N4O3/c1-20(2)16-7-5-6-15(14-16)17(24)22-10-12-23(13-11-22)19(26)18(25)21-8-3-4-9-21/h5-7,14H,3-4,8-13H2,1-2H3. The van der Waals surface area contributed by atoms with Gasteiger partial charge in [-0.2, -0.15) is 0 Å². The van der Waals surface area contributed by atoms with Crippen molar-refractivity contribution in [3.8, 4) is 0 Å². The van der Waals surface area contributed by atoms with Gasteiger partial charge in [0.05, 0.1) is 0 Å². The van der Waals surface area contributed by atoms with Gasteiger partial charge in [0.15, 0.2) is 0 Å². The number of hydrogen-bond acceptors (Lipinski definition) is 4. The number of nitrogens with zero attached hydrogens (tertiary/aromatic N) is 4. The summed E-state index contributed by atoms with van der Waals surface area (Å²) in [6, 6.07) is 7.51. The van der Waals surface area contributed by atoms with Crippen LogP contribution >= 0.6 is 0 Å². The summed E-state index contributed by atoms with van der Waals surface area (Å²) in [6.45, 7) is 3.04. The highest BCUT2D eigenvalue weighted by atomic mass is 16.2. The van der Waals surface area contributed by atoms with E-state index in [1.165, 1.54) is 0 Å². The molecule has 0 bridgehead atoms. The molecule has 0 atom stereocenters. The molecule has 7 heteroatoms. The van der Waals surface area contributed by atoms with E-state index in [9.17, 15) is 14.4 Å². The van der Waals surface area contributed by atoms with Gasteiger partial charge >= 0.3 is 11.8 Å². The maximum absolute atomic E-state index is 12.7. The van der Waals surface area contributed by atoms with Crippen LogP contribution in [-0.2, 0) is 9.59 Å². The predicted molar refractivity (Wildman–Crippen MR) is 99.1 cm³/mol. The van der Waals surface area contributed by atoms with Crippen molar-refractivity contribution in [3.63, 3.8) is 0 Å². The topological polar surface area (TPSA) is 64.2 Å². The zero-order valence-corrected chi connectivity index (χ0v) is 15.5. The summed E-state index contributed by atoms with van der Waals surface area (Å²) in [4.78, 5) is 44.2. The average Bonchev–Trinajstić information content (AvgIpc) is 3.21. The highest BCUT2D eigenvalue weighted by Crippen LogP contribution is 2.16. The molecule has 3 amide bonds. The molecule has 0 unspecified atom stereocenters. The van der Waals surface area contributed by atoms with Crippen molar-refractivity contribution in [1.29, 1.82) is 0 Å². The average molecular weight is 358 g/mol. The Hall–Kier alpha value is -2.57. The number of amides is 3. The second kappa shape index (κ2) is 7.76. The molecule has 0 radical (unpaired) electrons. The molecule has 0 saturated carbocycles. The van der Waals surface area contributed by atoms with Crippen LogP contribution in [-0.4, -0.2) is 85.8 Å². The Bertz CT molecular complexity index is 690. The monoisotopic (exact) mass is 358 g/mol. The van der Waals surface area contributed by atoms with Crippen LogP contribution in [0.2, 0.25) is 0 Å². The Morgan fingerprint density at radius 1 is 0.808 bits per heavy atom. The first kappa shape index (κ1) is 18.2. The minimum Gasteiger partial charge on any atom is -0.378 e. The lowest BCUT2D eigenvalue weighted by Gasteiger charge is -2.35. The maximum Gasteiger partial charge on any atom is 0.312 e. The molecule has 1 aromatic carbocycles. The largest absolute Gasteiger partial charge is 0.378 e. The zero-order valence-electron chi connectivity index (χ0n) is 15.5. The molecule has 0 spiro atoms. The molecule has 0 aromatic heterocycles. The molecule has 3 rings (SSSR count). The molecule has 2 fully saturated rings. The minimum atomic E-state index is -0.436. The molecule has 2 aliphatic rings. The number of rotatable bonds is 2. The van der Waals surface area contributed by atoms with Crippen LogP contribution in [0, 0.1) is 0 Å². The van der Waals surface area contributed by atoms with Gasteiger partial charge in [0.2, 0.25) is 0 Å². The molecule has 140 valence electrons. The first-order valence-corrected chi connectivity index (χ1v) is 9.12. The number of anilines is 1. The normalized spacial score (nSPS) is 17.4. The van der Waals surface area contributed by atoms with E-state index in [4.69, 9.17) is 0 Å². The number of likely N-dealkylation sites (tertiary alicyclic amines) is 1. The second-order valence-corrected chi connectivity index (χ2v) is 7.03. The van der Waals surface area contributed by atoms with Gasteiger partial charge in [-0.25, -0.2) is 0 Å². The van der Waals surface area contributed by atoms with E-state index in [1.807, 2.05) is 43.3 Å². The van der Waals surface area contributed by atoms with Crippen LogP contribution in [0.3, 0.4) is 0 Å². The van der Waals surface area contributed by atoms with Crippen molar-refractivity contribution >= 4 is 23.4 Å². The lowest BCUT2D eigenvalue weighted by molar-refractivity contribution is -0.152. The van der Waals surface area contributed by atoms with Crippen molar-refractivity contribution in [2.24, 2.45) is 0 Å². The van der Waals surface area contributed by atoms with Crippen molar-refractivity contribution in [2.45, 2.75) is 12.8 Å². The fourth-order valence-corrected chi connectivity index (χ4v) is 3.40. The molecule has 2 saturated heterocycles. The number of benzene rings is 1. The summed E-state index contributed by atoms with van der Waals surface area (Å²) in [5, 5.41) is 0. The van der Waals surface area contributed by atoms with Crippen molar-refractivity contribution in [1.82, 2.24) is 14.7 Å². The summed E-state index contributed by atoms with van der Waals surface area (Å²) >= 11 is 0. The molecule has 26 heavy (non-hydrogen) atoms. The third-order valence-electron chi connectivity index (χ3n) is 5.04. The second-order valence-electron chi connectivity index (χ2n) is 7.03. The Morgan fingerprint density at radius 3 is 1.92 bits per heavy atom. The molecule has 2 heterocycles. The first-order valence-electron chi connectivity index (χ1n) is 9.12. The SMILES string of the molecule is CN(C)c1cccc(C(=O)N2CCN(C(=O)C(=O)N3CCCC3)CC2)c1. The van der Waals surface area contributed by atoms with E-state index in [0.29, 0.717) is 44.8 Å².